The van der Waals surface area contributed by atoms with Crippen molar-refractivity contribution in [3.63, 3.8) is 0 Å². The van der Waals surface area contributed by atoms with E-state index in [9.17, 15) is 4.79 Å². The molecule has 0 radical (unpaired) electrons. The van der Waals surface area contributed by atoms with Crippen molar-refractivity contribution < 1.29 is 4.79 Å². The van der Waals surface area contributed by atoms with Crippen molar-refractivity contribution in [2.45, 2.75) is 33.2 Å². The third kappa shape index (κ3) is 2.83. The van der Waals surface area contributed by atoms with Crippen molar-refractivity contribution in [3.8, 4) is 0 Å². The number of aromatic nitrogens is 2. The van der Waals surface area contributed by atoms with Gasteiger partial charge in [0.25, 0.3) is 0 Å². The van der Waals surface area contributed by atoms with E-state index in [-0.39, 0.29) is 11.3 Å². The first kappa shape index (κ1) is 10.7. The standard InChI is InChI=1S/C11H16N2O/c1-9(14)5-6-10-7-12-13(8-10)11(2,3)4/h5-8H,1-4H3/b6-5+. The fourth-order valence-corrected chi connectivity index (χ4v) is 1.00. The number of ketones is 1. The molecule has 3 heteroatoms. The van der Waals surface area contributed by atoms with E-state index in [1.54, 1.807) is 18.3 Å². The molecule has 1 rings (SSSR count). The van der Waals surface area contributed by atoms with Crippen LogP contribution in [0.25, 0.3) is 6.08 Å². The average Bonchev–Trinajstić information content (AvgIpc) is 2.47. The van der Waals surface area contributed by atoms with Crippen LogP contribution in [0, 0.1) is 0 Å². The van der Waals surface area contributed by atoms with Gasteiger partial charge >= 0.3 is 0 Å². The Morgan fingerprint density at radius 3 is 2.57 bits per heavy atom. The SMILES string of the molecule is CC(=O)/C=C/c1cnn(C(C)(C)C)c1. The summed E-state index contributed by atoms with van der Waals surface area (Å²) in [6.07, 6.45) is 7.01. The predicted molar refractivity (Wildman–Crippen MR) is 56.9 cm³/mol. The van der Waals surface area contributed by atoms with Crippen molar-refractivity contribution >= 4 is 11.9 Å². The maximum Gasteiger partial charge on any atom is 0.152 e. The molecule has 3 nitrogen and oxygen atoms in total. The van der Waals surface area contributed by atoms with E-state index in [1.165, 1.54) is 6.92 Å². The summed E-state index contributed by atoms with van der Waals surface area (Å²) in [6, 6.07) is 0. The van der Waals surface area contributed by atoms with E-state index >= 15 is 0 Å². The Bertz CT molecular complexity index is 356. The fraction of sp³-hybridized carbons (Fsp3) is 0.455. The van der Waals surface area contributed by atoms with Crippen molar-refractivity contribution in [1.82, 2.24) is 9.78 Å². The number of carbonyl (C=O) groups is 1. The Morgan fingerprint density at radius 1 is 1.50 bits per heavy atom. The molecule has 0 atom stereocenters. The zero-order chi connectivity index (χ0) is 10.8. The summed E-state index contributed by atoms with van der Waals surface area (Å²) >= 11 is 0. The van der Waals surface area contributed by atoms with Gasteiger partial charge in [-0.15, -0.1) is 0 Å². The molecule has 0 saturated carbocycles. The maximum atomic E-state index is 10.7. The van der Waals surface area contributed by atoms with Crippen molar-refractivity contribution in [3.05, 3.63) is 24.0 Å². The molecular formula is C11H16N2O. The average molecular weight is 192 g/mol. The van der Waals surface area contributed by atoms with Gasteiger partial charge in [0.15, 0.2) is 5.78 Å². The van der Waals surface area contributed by atoms with Gasteiger partial charge in [-0.3, -0.25) is 9.48 Å². The molecule has 0 aliphatic carbocycles. The Morgan fingerprint density at radius 2 is 2.14 bits per heavy atom. The van der Waals surface area contributed by atoms with E-state index in [0.717, 1.165) is 5.56 Å². The van der Waals surface area contributed by atoms with Gasteiger partial charge in [0, 0.05) is 11.8 Å². The van der Waals surface area contributed by atoms with Crippen LogP contribution in [0.4, 0.5) is 0 Å². The Labute approximate surface area is 84.4 Å². The molecule has 0 saturated heterocycles. The highest BCUT2D eigenvalue weighted by Crippen LogP contribution is 2.13. The second kappa shape index (κ2) is 3.78. The van der Waals surface area contributed by atoms with Gasteiger partial charge < -0.3 is 0 Å². The summed E-state index contributed by atoms with van der Waals surface area (Å²) in [4.78, 5) is 10.7. The van der Waals surface area contributed by atoms with Crippen LogP contribution < -0.4 is 0 Å². The van der Waals surface area contributed by atoms with Crippen LogP contribution in [-0.4, -0.2) is 15.6 Å². The molecule has 76 valence electrons. The van der Waals surface area contributed by atoms with Crippen molar-refractivity contribution in [1.29, 1.82) is 0 Å². The molecule has 0 spiro atoms. The van der Waals surface area contributed by atoms with Crippen molar-refractivity contribution in [2.24, 2.45) is 0 Å². The van der Waals surface area contributed by atoms with Crippen molar-refractivity contribution in [2.75, 3.05) is 0 Å². The molecule has 0 aliphatic rings. The maximum absolute atomic E-state index is 10.7. The van der Waals surface area contributed by atoms with E-state index in [1.807, 2.05) is 10.9 Å². The van der Waals surface area contributed by atoms with Crippen LogP contribution >= 0.6 is 0 Å². The van der Waals surface area contributed by atoms with Crippen LogP contribution in [0.5, 0.6) is 0 Å². The summed E-state index contributed by atoms with van der Waals surface area (Å²) in [6.45, 7) is 7.78. The minimum absolute atomic E-state index is 0.0116. The molecule has 14 heavy (non-hydrogen) atoms. The topological polar surface area (TPSA) is 34.9 Å². The minimum Gasteiger partial charge on any atom is -0.295 e. The molecule has 0 aliphatic heterocycles. The molecule has 0 fully saturated rings. The van der Waals surface area contributed by atoms with Crippen LogP contribution in [0.2, 0.25) is 0 Å². The van der Waals surface area contributed by atoms with Gasteiger partial charge in [-0.05, 0) is 39.8 Å². The smallest absolute Gasteiger partial charge is 0.152 e. The predicted octanol–water partition coefficient (Wildman–Crippen LogP) is 2.24. The summed E-state index contributed by atoms with van der Waals surface area (Å²) in [7, 11) is 0. The highest BCUT2D eigenvalue weighted by atomic mass is 16.1. The van der Waals surface area contributed by atoms with Crippen LogP contribution in [0.3, 0.4) is 0 Å². The lowest BCUT2D eigenvalue weighted by Gasteiger charge is -2.18. The molecule has 0 unspecified atom stereocenters. The third-order valence-corrected chi connectivity index (χ3v) is 1.80. The van der Waals surface area contributed by atoms with Gasteiger partial charge in [-0.25, -0.2) is 0 Å². The number of hydrogen-bond acceptors (Lipinski definition) is 2. The number of rotatable bonds is 2. The molecular weight excluding hydrogens is 176 g/mol. The summed E-state index contributed by atoms with van der Waals surface area (Å²) in [5.41, 5.74) is 0.942. The molecule has 1 aromatic rings. The fourth-order valence-electron chi connectivity index (χ4n) is 1.00. The molecule has 1 heterocycles. The molecule has 0 aromatic carbocycles. The van der Waals surface area contributed by atoms with Crippen LogP contribution in [0.15, 0.2) is 18.5 Å². The third-order valence-electron chi connectivity index (χ3n) is 1.80. The first-order chi connectivity index (χ1) is 6.39. The van der Waals surface area contributed by atoms with Gasteiger partial charge in [-0.2, -0.15) is 5.10 Å². The van der Waals surface area contributed by atoms with Gasteiger partial charge in [0.05, 0.1) is 11.7 Å². The number of nitrogens with zero attached hydrogens (tertiary/aromatic N) is 2. The van der Waals surface area contributed by atoms with Gasteiger partial charge in [-0.1, -0.05) is 0 Å². The van der Waals surface area contributed by atoms with Crippen LogP contribution in [-0.2, 0) is 10.3 Å². The van der Waals surface area contributed by atoms with E-state index < -0.39 is 0 Å². The Balaban J connectivity index is 2.84. The quantitative estimate of drug-likeness (QED) is 0.673. The molecule has 1 aromatic heterocycles. The lowest BCUT2D eigenvalue weighted by Crippen LogP contribution is -2.21. The second-order valence-electron chi connectivity index (χ2n) is 4.33. The number of hydrogen-bond donors (Lipinski definition) is 0. The lowest BCUT2D eigenvalue weighted by atomic mass is 10.1. The molecule has 0 N–H and O–H groups in total. The summed E-state index contributed by atoms with van der Waals surface area (Å²) in [5.74, 6) is 0.0495. The zero-order valence-electron chi connectivity index (χ0n) is 9.11. The first-order valence-electron chi connectivity index (χ1n) is 4.63. The Hall–Kier alpha value is -1.38. The highest BCUT2D eigenvalue weighted by Gasteiger charge is 2.12. The monoisotopic (exact) mass is 192 g/mol. The normalized spacial score (nSPS) is 12.3. The largest absolute Gasteiger partial charge is 0.295 e. The van der Waals surface area contributed by atoms with E-state index in [2.05, 4.69) is 25.9 Å². The van der Waals surface area contributed by atoms with Gasteiger partial charge in [0.2, 0.25) is 0 Å². The lowest BCUT2D eigenvalue weighted by molar-refractivity contribution is -0.112. The Kier molecular flexibility index (Phi) is 2.89. The van der Waals surface area contributed by atoms with E-state index in [0.29, 0.717) is 0 Å². The second-order valence-corrected chi connectivity index (χ2v) is 4.33. The molecule has 0 bridgehead atoms. The minimum atomic E-state index is -0.0116. The van der Waals surface area contributed by atoms with Crippen LogP contribution in [0.1, 0.15) is 33.3 Å². The highest BCUT2D eigenvalue weighted by molar-refractivity contribution is 5.91. The zero-order valence-corrected chi connectivity index (χ0v) is 9.11. The summed E-state index contributed by atoms with van der Waals surface area (Å²) in [5, 5.41) is 4.22. The van der Waals surface area contributed by atoms with Gasteiger partial charge in [0.1, 0.15) is 0 Å². The number of carbonyl (C=O) groups excluding carboxylic acids is 1. The molecule has 0 amide bonds. The van der Waals surface area contributed by atoms with E-state index in [4.69, 9.17) is 0 Å². The summed E-state index contributed by atoms with van der Waals surface area (Å²) < 4.78 is 1.88. The number of allylic oxidation sites excluding steroid dienone is 1. The first-order valence-corrected chi connectivity index (χ1v) is 4.63.